The van der Waals surface area contributed by atoms with Crippen molar-refractivity contribution in [2.24, 2.45) is 0 Å². The molecule has 0 fully saturated rings. The molecule has 0 radical (unpaired) electrons. The first-order valence-electron chi connectivity index (χ1n) is 7.31. The van der Waals surface area contributed by atoms with Crippen LogP contribution in [0.1, 0.15) is 29.7 Å². The van der Waals surface area contributed by atoms with Crippen molar-refractivity contribution in [3.8, 4) is 5.75 Å². The molecule has 0 saturated heterocycles. The van der Waals surface area contributed by atoms with Crippen molar-refractivity contribution < 1.29 is 9.84 Å². The number of aliphatic hydroxyl groups excluding tert-OH is 1. The molecule has 2 aromatic rings. The lowest BCUT2D eigenvalue weighted by Crippen LogP contribution is -2.24. The molecule has 2 aromatic carbocycles. The van der Waals surface area contributed by atoms with Crippen molar-refractivity contribution in [1.82, 2.24) is 5.32 Å². The standard InChI is InChI=1S/C18H23NO2/c1-14-6-8-18(9-7-14)21-11-10-19-15(2)17-5-3-4-16(12-17)13-20/h3-9,12,15,19-20H,10-11,13H2,1-2H3. The first-order valence-corrected chi connectivity index (χ1v) is 7.31. The van der Waals surface area contributed by atoms with Gasteiger partial charge >= 0.3 is 0 Å². The topological polar surface area (TPSA) is 41.5 Å². The third-order valence-corrected chi connectivity index (χ3v) is 3.48. The maximum absolute atomic E-state index is 9.16. The van der Waals surface area contributed by atoms with Crippen molar-refractivity contribution in [3.63, 3.8) is 0 Å². The average molecular weight is 285 g/mol. The summed E-state index contributed by atoms with van der Waals surface area (Å²) in [6.45, 7) is 5.67. The van der Waals surface area contributed by atoms with Crippen LogP contribution >= 0.6 is 0 Å². The van der Waals surface area contributed by atoms with E-state index in [0.717, 1.165) is 17.9 Å². The molecule has 1 atom stereocenters. The Hall–Kier alpha value is -1.84. The Kier molecular flexibility index (Phi) is 5.78. The first-order chi connectivity index (χ1) is 10.2. The number of ether oxygens (including phenoxy) is 1. The number of benzene rings is 2. The number of rotatable bonds is 7. The van der Waals surface area contributed by atoms with Gasteiger partial charge in [-0.2, -0.15) is 0 Å². The predicted octanol–water partition coefficient (Wildman–Crippen LogP) is 3.22. The van der Waals surface area contributed by atoms with Crippen LogP contribution in [0, 0.1) is 6.92 Å². The van der Waals surface area contributed by atoms with Gasteiger partial charge in [0.2, 0.25) is 0 Å². The van der Waals surface area contributed by atoms with E-state index in [0.29, 0.717) is 6.61 Å². The van der Waals surface area contributed by atoms with Gasteiger partial charge in [-0.3, -0.25) is 0 Å². The predicted molar refractivity (Wildman–Crippen MR) is 85.5 cm³/mol. The van der Waals surface area contributed by atoms with E-state index in [2.05, 4.69) is 25.2 Å². The summed E-state index contributed by atoms with van der Waals surface area (Å²) in [6, 6.07) is 16.3. The summed E-state index contributed by atoms with van der Waals surface area (Å²) in [5, 5.41) is 12.6. The van der Waals surface area contributed by atoms with E-state index < -0.39 is 0 Å². The number of aryl methyl sites for hydroxylation is 1. The van der Waals surface area contributed by atoms with Crippen LogP contribution in [0.2, 0.25) is 0 Å². The Labute approximate surface area is 126 Å². The lowest BCUT2D eigenvalue weighted by Gasteiger charge is -2.15. The zero-order valence-corrected chi connectivity index (χ0v) is 12.7. The lowest BCUT2D eigenvalue weighted by atomic mass is 10.1. The molecule has 0 aliphatic rings. The number of hydrogen-bond acceptors (Lipinski definition) is 3. The van der Waals surface area contributed by atoms with Crippen LogP contribution in [-0.2, 0) is 6.61 Å². The van der Waals surface area contributed by atoms with Crippen LogP contribution in [0.3, 0.4) is 0 Å². The van der Waals surface area contributed by atoms with Gasteiger partial charge in [0.1, 0.15) is 12.4 Å². The highest BCUT2D eigenvalue weighted by atomic mass is 16.5. The molecule has 1 unspecified atom stereocenters. The van der Waals surface area contributed by atoms with Crippen molar-refractivity contribution in [2.75, 3.05) is 13.2 Å². The number of hydrogen-bond donors (Lipinski definition) is 2. The van der Waals surface area contributed by atoms with E-state index in [1.54, 1.807) is 0 Å². The van der Waals surface area contributed by atoms with Crippen LogP contribution in [0.5, 0.6) is 5.75 Å². The molecule has 0 amide bonds. The SMILES string of the molecule is Cc1ccc(OCCNC(C)c2cccc(CO)c2)cc1. The van der Waals surface area contributed by atoms with Gasteiger partial charge in [0.25, 0.3) is 0 Å². The van der Waals surface area contributed by atoms with E-state index in [4.69, 9.17) is 9.84 Å². The second-order valence-corrected chi connectivity index (χ2v) is 5.24. The van der Waals surface area contributed by atoms with Gasteiger partial charge in [0, 0.05) is 12.6 Å². The Morgan fingerprint density at radius 2 is 1.90 bits per heavy atom. The van der Waals surface area contributed by atoms with Crippen LogP contribution in [-0.4, -0.2) is 18.3 Å². The number of aliphatic hydroxyl groups is 1. The zero-order valence-electron chi connectivity index (χ0n) is 12.7. The minimum absolute atomic E-state index is 0.0805. The number of nitrogens with one attached hydrogen (secondary N) is 1. The fourth-order valence-corrected chi connectivity index (χ4v) is 2.16. The third-order valence-electron chi connectivity index (χ3n) is 3.48. The van der Waals surface area contributed by atoms with Gasteiger partial charge in [-0.15, -0.1) is 0 Å². The fourth-order valence-electron chi connectivity index (χ4n) is 2.16. The van der Waals surface area contributed by atoms with Crippen LogP contribution in [0.4, 0.5) is 0 Å². The molecule has 21 heavy (non-hydrogen) atoms. The second kappa shape index (κ2) is 7.81. The molecule has 3 nitrogen and oxygen atoms in total. The van der Waals surface area contributed by atoms with Gasteiger partial charge in [-0.05, 0) is 37.1 Å². The largest absolute Gasteiger partial charge is 0.492 e. The summed E-state index contributed by atoms with van der Waals surface area (Å²) in [5.74, 6) is 0.900. The van der Waals surface area contributed by atoms with Gasteiger partial charge < -0.3 is 15.2 Å². The molecule has 0 spiro atoms. The second-order valence-electron chi connectivity index (χ2n) is 5.24. The minimum Gasteiger partial charge on any atom is -0.492 e. The lowest BCUT2D eigenvalue weighted by molar-refractivity contribution is 0.281. The zero-order chi connectivity index (χ0) is 15.1. The van der Waals surface area contributed by atoms with E-state index in [-0.39, 0.29) is 12.6 Å². The maximum atomic E-state index is 9.16. The summed E-state index contributed by atoms with van der Waals surface area (Å²) >= 11 is 0. The molecule has 0 saturated carbocycles. The molecule has 2 rings (SSSR count). The van der Waals surface area contributed by atoms with Gasteiger partial charge in [-0.1, -0.05) is 42.0 Å². The van der Waals surface area contributed by atoms with Gasteiger partial charge in [0.05, 0.1) is 6.61 Å². The van der Waals surface area contributed by atoms with Gasteiger partial charge in [0.15, 0.2) is 0 Å². The van der Waals surface area contributed by atoms with Crippen molar-refractivity contribution in [2.45, 2.75) is 26.5 Å². The normalized spacial score (nSPS) is 12.1. The Bertz CT molecular complexity index is 551. The van der Waals surface area contributed by atoms with Crippen LogP contribution in [0.15, 0.2) is 48.5 Å². The van der Waals surface area contributed by atoms with E-state index in [1.807, 2.05) is 42.5 Å². The van der Waals surface area contributed by atoms with Crippen LogP contribution in [0.25, 0.3) is 0 Å². The smallest absolute Gasteiger partial charge is 0.119 e. The maximum Gasteiger partial charge on any atom is 0.119 e. The molecule has 0 aliphatic carbocycles. The first kappa shape index (κ1) is 15.5. The summed E-state index contributed by atoms with van der Waals surface area (Å²) in [7, 11) is 0. The molecule has 0 aliphatic heterocycles. The summed E-state index contributed by atoms with van der Waals surface area (Å²) < 4.78 is 5.69. The van der Waals surface area contributed by atoms with E-state index in [1.165, 1.54) is 11.1 Å². The Morgan fingerprint density at radius 3 is 2.62 bits per heavy atom. The van der Waals surface area contributed by atoms with Crippen molar-refractivity contribution in [3.05, 3.63) is 65.2 Å². The molecule has 3 heteroatoms. The van der Waals surface area contributed by atoms with E-state index in [9.17, 15) is 0 Å². The third kappa shape index (κ3) is 4.88. The minimum atomic E-state index is 0.0805. The quantitative estimate of drug-likeness (QED) is 0.768. The molecular weight excluding hydrogens is 262 g/mol. The monoisotopic (exact) mass is 285 g/mol. The highest BCUT2D eigenvalue weighted by Crippen LogP contribution is 2.14. The van der Waals surface area contributed by atoms with E-state index >= 15 is 0 Å². The highest BCUT2D eigenvalue weighted by Gasteiger charge is 2.05. The molecule has 112 valence electrons. The fraction of sp³-hybridized carbons (Fsp3) is 0.333. The Morgan fingerprint density at radius 1 is 1.14 bits per heavy atom. The Balaban J connectivity index is 1.76. The molecular formula is C18H23NO2. The average Bonchev–Trinajstić information content (AvgIpc) is 2.53. The molecule has 0 bridgehead atoms. The van der Waals surface area contributed by atoms with Gasteiger partial charge in [-0.25, -0.2) is 0 Å². The summed E-state index contributed by atoms with van der Waals surface area (Å²) in [6.07, 6.45) is 0. The highest BCUT2D eigenvalue weighted by molar-refractivity contribution is 5.26. The van der Waals surface area contributed by atoms with Crippen LogP contribution < -0.4 is 10.1 Å². The molecule has 2 N–H and O–H groups in total. The molecule has 0 aromatic heterocycles. The van der Waals surface area contributed by atoms with Crippen molar-refractivity contribution in [1.29, 1.82) is 0 Å². The summed E-state index contributed by atoms with van der Waals surface area (Å²) in [5.41, 5.74) is 3.35. The molecule has 0 heterocycles. The van der Waals surface area contributed by atoms with Crippen molar-refractivity contribution >= 4 is 0 Å². The summed E-state index contributed by atoms with van der Waals surface area (Å²) in [4.78, 5) is 0.